The molecule has 0 aliphatic heterocycles. The summed E-state index contributed by atoms with van der Waals surface area (Å²) >= 11 is 6.39. The van der Waals surface area contributed by atoms with Crippen molar-refractivity contribution in [3.63, 3.8) is 0 Å². The first-order valence-corrected chi connectivity index (χ1v) is 14.3. The van der Waals surface area contributed by atoms with E-state index in [1.54, 1.807) is 62.4 Å². The lowest BCUT2D eigenvalue weighted by molar-refractivity contribution is -0.139. The van der Waals surface area contributed by atoms with Crippen molar-refractivity contribution in [2.45, 2.75) is 51.6 Å². The molecule has 7 nitrogen and oxygen atoms in total. The molecule has 38 heavy (non-hydrogen) atoms. The predicted octanol–water partition coefficient (Wildman–Crippen LogP) is 5.10. The van der Waals surface area contributed by atoms with Gasteiger partial charge in [0.2, 0.25) is 11.8 Å². The standard InChI is InChI=1S/C29H34ClN3O4S/c1-5-17-31-29(35)23(4)32(19-24-11-9-10-14-26(24)30)28(34)20-33(27-18-21(2)15-16-22(27)3)38(36,37)25-12-7-6-8-13-25/h6-16,18,23H,5,17,19-20H2,1-4H3,(H,31,35). The number of benzene rings is 3. The molecule has 202 valence electrons. The Balaban J connectivity index is 2.06. The summed E-state index contributed by atoms with van der Waals surface area (Å²) in [6.07, 6.45) is 0.743. The van der Waals surface area contributed by atoms with Gasteiger partial charge in [-0.15, -0.1) is 0 Å². The molecule has 1 unspecified atom stereocenters. The van der Waals surface area contributed by atoms with Crippen LogP contribution in [0.4, 0.5) is 5.69 Å². The summed E-state index contributed by atoms with van der Waals surface area (Å²) in [6, 6.07) is 19.7. The van der Waals surface area contributed by atoms with Crippen LogP contribution in [0.25, 0.3) is 0 Å². The number of halogens is 1. The van der Waals surface area contributed by atoms with Crippen LogP contribution in [0.1, 0.15) is 37.0 Å². The van der Waals surface area contributed by atoms with E-state index in [0.717, 1.165) is 16.3 Å². The largest absolute Gasteiger partial charge is 0.354 e. The van der Waals surface area contributed by atoms with Gasteiger partial charge in [0.1, 0.15) is 12.6 Å². The second-order valence-corrected chi connectivity index (χ2v) is 11.5. The zero-order valence-electron chi connectivity index (χ0n) is 22.1. The molecule has 1 atom stereocenters. The van der Waals surface area contributed by atoms with E-state index in [1.807, 2.05) is 26.0 Å². The monoisotopic (exact) mass is 555 g/mol. The van der Waals surface area contributed by atoms with Crippen LogP contribution >= 0.6 is 11.6 Å². The third-order valence-electron chi connectivity index (χ3n) is 6.26. The van der Waals surface area contributed by atoms with Crippen LogP contribution in [0, 0.1) is 13.8 Å². The van der Waals surface area contributed by atoms with Crippen LogP contribution in [0.2, 0.25) is 5.02 Å². The van der Waals surface area contributed by atoms with Crippen molar-refractivity contribution in [2.75, 3.05) is 17.4 Å². The molecule has 3 aromatic carbocycles. The van der Waals surface area contributed by atoms with Gasteiger partial charge in [-0.05, 0) is 68.1 Å². The molecule has 3 aromatic rings. The lowest BCUT2D eigenvalue weighted by Gasteiger charge is -2.32. The third-order valence-corrected chi connectivity index (χ3v) is 8.40. The van der Waals surface area contributed by atoms with E-state index < -0.39 is 28.5 Å². The van der Waals surface area contributed by atoms with E-state index in [2.05, 4.69) is 5.32 Å². The molecule has 0 spiro atoms. The molecule has 0 aliphatic rings. The molecular formula is C29H34ClN3O4S. The quantitative estimate of drug-likeness (QED) is 0.357. The SMILES string of the molecule is CCCNC(=O)C(C)N(Cc1ccccc1Cl)C(=O)CN(c1cc(C)ccc1C)S(=O)(=O)c1ccccc1. The van der Waals surface area contributed by atoms with E-state index >= 15 is 0 Å². The highest BCUT2D eigenvalue weighted by Gasteiger charge is 2.33. The fraction of sp³-hybridized carbons (Fsp3) is 0.310. The van der Waals surface area contributed by atoms with Gasteiger partial charge >= 0.3 is 0 Å². The molecule has 0 heterocycles. The zero-order valence-corrected chi connectivity index (χ0v) is 23.7. The molecule has 0 fully saturated rings. The molecule has 2 amide bonds. The molecule has 0 saturated heterocycles. The smallest absolute Gasteiger partial charge is 0.264 e. The molecule has 3 rings (SSSR count). The molecular weight excluding hydrogens is 522 g/mol. The maximum Gasteiger partial charge on any atom is 0.264 e. The van der Waals surface area contributed by atoms with Gasteiger partial charge in [-0.3, -0.25) is 13.9 Å². The number of nitrogens with one attached hydrogen (secondary N) is 1. The molecule has 0 aromatic heterocycles. The fourth-order valence-electron chi connectivity index (χ4n) is 4.01. The van der Waals surface area contributed by atoms with Crippen molar-refractivity contribution in [2.24, 2.45) is 0 Å². The molecule has 0 aliphatic carbocycles. The highest BCUT2D eigenvalue weighted by molar-refractivity contribution is 7.92. The van der Waals surface area contributed by atoms with Gasteiger partial charge in [-0.1, -0.05) is 67.1 Å². The third kappa shape index (κ3) is 6.94. The summed E-state index contributed by atoms with van der Waals surface area (Å²) in [6.45, 7) is 7.26. The number of sulfonamides is 1. The van der Waals surface area contributed by atoms with Crippen molar-refractivity contribution in [1.29, 1.82) is 0 Å². The Bertz CT molecular complexity index is 1380. The Hall–Kier alpha value is -3.36. The van der Waals surface area contributed by atoms with Gasteiger partial charge < -0.3 is 10.2 Å². The summed E-state index contributed by atoms with van der Waals surface area (Å²) < 4.78 is 28.9. The van der Waals surface area contributed by atoms with E-state index in [0.29, 0.717) is 28.4 Å². The first-order valence-electron chi connectivity index (χ1n) is 12.5. The van der Waals surface area contributed by atoms with Gasteiger partial charge in [-0.2, -0.15) is 0 Å². The van der Waals surface area contributed by atoms with Gasteiger partial charge in [-0.25, -0.2) is 8.42 Å². The molecule has 1 N–H and O–H groups in total. The van der Waals surface area contributed by atoms with Crippen LogP contribution in [-0.2, 0) is 26.2 Å². The van der Waals surface area contributed by atoms with Crippen molar-refractivity contribution in [3.05, 3.63) is 94.5 Å². The number of hydrogen-bond donors (Lipinski definition) is 1. The topological polar surface area (TPSA) is 86.8 Å². The highest BCUT2D eigenvalue weighted by Crippen LogP contribution is 2.28. The minimum Gasteiger partial charge on any atom is -0.354 e. The number of aryl methyl sites for hydroxylation is 2. The fourth-order valence-corrected chi connectivity index (χ4v) is 5.70. The van der Waals surface area contributed by atoms with Crippen LogP contribution in [0.15, 0.2) is 77.7 Å². The second kappa shape index (κ2) is 12.9. The molecule has 0 saturated carbocycles. The number of rotatable bonds is 11. The normalized spacial score (nSPS) is 12.0. The average molecular weight is 556 g/mol. The van der Waals surface area contributed by atoms with Gasteiger partial charge in [0.15, 0.2) is 0 Å². The van der Waals surface area contributed by atoms with Crippen molar-refractivity contribution in [1.82, 2.24) is 10.2 Å². The maximum absolute atomic E-state index is 13.9. The van der Waals surface area contributed by atoms with E-state index in [9.17, 15) is 18.0 Å². The first kappa shape index (κ1) is 29.2. The van der Waals surface area contributed by atoms with Crippen LogP contribution in [0.5, 0.6) is 0 Å². The number of amides is 2. The van der Waals surface area contributed by atoms with Crippen molar-refractivity contribution in [3.8, 4) is 0 Å². The summed E-state index contributed by atoms with van der Waals surface area (Å²) in [7, 11) is -4.10. The lowest BCUT2D eigenvalue weighted by atomic mass is 10.1. The summed E-state index contributed by atoms with van der Waals surface area (Å²) in [4.78, 5) is 28.3. The minimum absolute atomic E-state index is 0.0469. The van der Waals surface area contributed by atoms with Crippen LogP contribution in [0.3, 0.4) is 0 Å². The number of nitrogens with zero attached hydrogens (tertiary/aromatic N) is 2. The minimum atomic E-state index is -4.10. The maximum atomic E-state index is 13.9. The molecule has 9 heteroatoms. The predicted molar refractivity (Wildman–Crippen MR) is 152 cm³/mol. The summed E-state index contributed by atoms with van der Waals surface area (Å²) in [5.41, 5.74) is 2.62. The number of anilines is 1. The van der Waals surface area contributed by atoms with Crippen molar-refractivity contribution >= 4 is 39.1 Å². The Labute approximate surface area is 230 Å². The lowest BCUT2D eigenvalue weighted by Crippen LogP contribution is -2.51. The van der Waals surface area contributed by atoms with E-state index in [4.69, 9.17) is 11.6 Å². The zero-order chi connectivity index (χ0) is 27.9. The number of carbonyl (C=O) groups excluding carboxylic acids is 2. The second-order valence-electron chi connectivity index (χ2n) is 9.19. The Morgan fingerprint density at radius 3 is 2.29 bits per heavy atom. The van der Waals surface area contributed by atoms with Gasteiger partial charge in [0.25, 0.3) is 10.0 Å². The Morgan fingerprint density at radius 1 is 0.974 bits per heavy atom. The Morgan fingerprint density at radius 2 is 1.63 bits per heavy atom. The highest BCUT2D eigenvalue weighted by atomic mass is 35.5. The number of hydrogen-bond acceptors (Lipinski definition) is 4. The van der Waals surface area contributed by atoms with E-state index in [-0.39, 0.29) is 17.3 Å². The average Bonchev–Trinajstić information content (AvgIpc) is 2.91. The first-order chi connectivity index (χ1) is 18.1. The number of carbonyl (C=O) groups is 2. The molecule has 0 radical (unpaired) electrons. The summed E-state index contributed by atoms with van der Waals surface area (Å²) in [5.74, 6) is -0.846. The molecule has 0 bridgehead atoms. The van der Waals surface area contributed by atoms with Gasteiger partial charge in [0.05, 0.1) is 10.6 Å². The van der Waals surface area contributed by atoms with Crippen LogP contribution < -0.4 is 9.62 Å². The van der Waals surface area contributed by atoms with Gasteiger partial charge in [0, 0.05) is 18.1 Å². The van der Waals surface area contributed by atoms with Crippen molar-refractivity contribution < 1.29 is 18.0 Å². The van der Waals surface area contributed by atoms with E-state index in [1.165, 1.54) is 17.0 Å². The summed E-state index contributed by atoms with van der Waals surface area (Å²) in [5, 5.41) is 3.28. The van der Waals surface area contributed by atoms with Crippen LogP contribution in [-0.4, -0.2) is 44.3 Å². The Kier molecular flexibility index (Phi) is 9.94.